The van der Waals surface area contributed by atoms with Crippen LogP contribution in [0, 0.1) is 13.8 Å². The molecule has 4 N–H and O–H groups in total. The van der Waals surface area contributed by atoms with Gasteiger partial charge in [-0.05, 0) is 61.7 Å². The smallest absolute Gasteiger partial charge is 0.338 e. The molecule has 1 heterocycles. The van der Waals surface area contributed by atoms with Crippen molar-refractivity contribution in [1.82, 2.24) is 10.6 Å². The highest BCUT2D eigenvalue weighted by molar-refractivity contribution is 7.91. The fraction of sp³-hybridized carbons (Fsp3) is 0.273. The molecule has 0 spiro atoms. The van der Waals surface area contributed by atoms with Crippen molar-refractivity contribution in [3.05, 3.63) is 64.4 Å². The summed E-state index contributed by atoms with van der Waals surface area (Å²) < 4.78 is 31.3. The minimum atomic E-state index is -3.92. The van der Waals surface area contributed by atoms with Gasteiger partial charge < -0.3 is 25.6 Å². The van der Waals surface area contributed by atoms with Gasteiger partial charge in [0.15, 0.2) is 21.3 Å². The van der Waals surface area contributed by atoms with Gasteiger partial charge in [0.05, 0.1) is 28.9 Å². The molecule has 0 radical (unpaired) electrons. The molecule has 9 nitrogen and oxygen atoms in total. The van der Waals surface area contributed by atoms with Crippen molar-refractivity contribution >= 4 is 21.8 Å². The molecule has 0 bridgehead atoms. The zero-order valence-corrected chi connectivity index (χ0v) is 18.6. The van der Waals surface area contributed by atoms with E-state index in [0.717, 1.165) is 11.1 Å². The molecule has 3 rings (SSSR count). The maximum absolute atomic E-state index is 13.1. The molecule has 0 aromatic heterocycles. The molecule has 2 aromatic rings. The van der Waals surface area contributed by atoms with Gasteiger partial charge in [-0.2, -0.15) is 0 Å². The molecule has 1 atom stereocenters. The summed E-state index contributed by atoms with van der Waals surface area (Å²) in [6.07, 6.45) is 0. The summed E-state index contributed by atoms with van der Waals surface area (Å²) in [5, 5.41) is 24.4. The molecule has 2 amide bonds. The number of phenolic OH excluding ortho intramolecular Hbond substituents is 2. The highest BCUT2D eigenvalue weighted by Gasteiger charge is 2.36. The van der Waals surface area contributed by atoms with Crippen molar-refractivity contribution in [3.8, 4) is 11.5 Å². The Hall–Kier alpha value is -3.53. The number of benzene rings is 2. The summed E-state index contributed by atoms with van der Waals surface area (Å²) in [6.45, 7) is 5.27. The van der Waals surface area contributed by atoms with Gasteiger partial charge in [0.25, 0.3) is 0 Å². The van der Waals surface area contributed by atoms with Crippen LogP contribution in [0.15, 0.2) is 52.6 Å². The maximum Gasteiger partial charge on any atom is 0.338 e. The third-order valence-corrected chi connectivity index (χ3v) is 6.79. The summed E-state index contributed by atoms with van der Waals surface area (Å²) in [5.74, 6) is -2.30. The maximum atomic E-state index is 13.1. The second-order valence-electron chi connectivity index (χ2n) is 7.40. The third-order valence-electron chi connectivity index (χ3n) is 5.15. The van der Waals surface area contributed by atoms with E-state index in [2.05, 4.69) is 10.6 Å². The Morgan fingerprint density at radius 3 is 2.41 bits per heavy atom. The first-order valence-electron chi connectivity index (χ1n) is 9.83. The molecule has 1 aliphatic heterocycles. The summed E-state index contributed by atoms with van der Waals surface area (Å²) in [4.78, 5) is 25.2. The highest BCUT2D eigenvalue weighted by atomic mass is 32.2. The van der Waals surface area contributed by atoms with Gasteiger partial charge in [-0.15, -0.1) is 0 Å². The number of hydrogen-bond acceptors (Lipinski definition) is 7. The monoisotopic (exact) mass is 460 g/mol. The lowest BCUT2D eigenvalue weighted by molar-refractivity contribution is -0.139. The average molecular weight is 461 g/mol. The van der Waals surface area contributed by atoms with Crippen LogP contribution < -0.4 is 10.6 Å². The van der Waals surface area contributed by atoms with Crippen molar-refractivity contribution in [3.63, 3.8) is 0 Å². The number of ether oxygens (including phenoxy) is 1. The van der Waals surface area contributed by atoms with Crippen LogP contribution in [-0.4, -0.2) is 43.0 Å². The lowest BCUT2D eigenvalue weighted by atomic mass is 9.95. The van der Waals surface area contributed by atoms with Gasteiger partial charge >= 0.3 is 12.0 Å². The molecule has 2 aromatic carbocycles. The molecule has 1 unspecified atom stereocenters. The van der Waals surface area contributed by atoms with E-state index >= 15 is 0 Å². The molecule has 0 saturated carbocycles. The largest absolute Gasteiger partial charge is 0.504 e. The predicted octanol–water partition coefficient (Wildman–Crippen LogP) is 2.36. The molecule has 1 aliphatic rings. The van der Waals surface area contributed by atoms with E-state index in [9.17, 15) is 28.2 Å². The van der Waals surface area contributed by atoms with Gasteiger partial charge in [-0.25, -0.2) is 18.0 Å². The van der Waals surface area contributed by atoms with Gasteiger partial charge in [0.1, 0.15) is 0 Å². The van der Waals surface area contributed by atoms with Gasteiger partial charge in [0.2, 0.25) is 0 Å². The van der Waals surface area contributed by atoms with Crippen molar-refractivity contribution in [2.75, 3.05) is 12.4 Å². The Morgan fingerprint density at radius 1 is 1.06 bits per heavy atom. The molecule has 0 fully saturated rings. The first-order valence-corrected chi connectivity index (χ1v) is 11.5. The van der Waals surface area contributed by atoms with Crippen LogP contribution in [0.2, 0.25) is 0 Å². The van der Waals surface area contributed by atoms with Crippen molar-refractivity contribution in [2.24, 2.45) is 0 Å². The SMILES string of the molecule is CCOC(=O)C1=C(CS(=O)(=O)c2ccc(C)c(C)c2)NC(=O)NC1c1ccc(O)c(O)c1. The standard InChI is InChI=1S/C22H24N2O7S/c1-4-31-21(27)19-16(11-32(29,30)15-7-5-12(2)13(3)9-15)23-22(28)24-20(19)14-6-8-17(25)18(26)10-14/h5-10,20,25-26H,4,11H2,1-3H3,(H2,23,24,28). The zero-order chi connectivity index (χ0) is 23.6. The minimum absolute atomic E-state index is 0.0288. The number of phenols is 2. The van der Waals surface area contributed by atoms with Crippen molar-refractivity contribution in [2.45, 2.75) is 31.7 Å². The van der Waals surface area contributed by atoms with Crippen LogP contribution in [0.4, 0.5) is 4.79 Å². The van der Waals surface area contributed by atoms with E-state index in [-0.39, 0.29) is 34.1 Å². The molecule has 0 aliphatic carbocycles. The molecule has 10 heteroatoms. The van der Waals surface area contributed by atoms with Crippen LogP contribution in [-0.2, 0) is 19.4 Å². The van der Waals surface area contributed by atoms with Crippen LogP contribution >= 0.6 is 0 Å². The molecular formula is C22H24N2O7S. The van der Waals surface area contributed by atoms with Crippen LogP contribution in [0.25, 0.3) is 0 Å². The quantitative estimate of drug-likeness (QED) is 0.383. The molecular weight excluding hydrogens is 436 g/mol. The number of aryl methyl sites for hydroxylation is 2. The molecule has 0 saturated heterocycles. The fourth-order valence-electron chi connectivity index (χ4n) is 3.33. The Kier molecular flexibility index (Phi) is 6.45. The molecule has 32 heavy (non-hydrogen) atoms. The first kappa shape index (κ1) is 23.1. The summed E-state index contributed by atoms with van der Waals surface area (Å²) >= 11 is 0. The van der Waals surface area contributed by atoms with E-state index in [4.69, 9.17) is 4.74 Å². The predicted molar refractivity (Wildman–Crippen MR) is 116 cm³/mol. The topological polar surface area (TPSA) is 142 Å². The van der Waals surface area contributed by atoms with E-state index in [1.54, 1.807) is 19.9 Å². The Balaban J connectivity index is 2.12. The molecule has 170 valence electrons. The Labute approximate surface area is 185 Å². The Morgan fingerprint density at radius 2 is 1.78 bits per heavy atom. The second kappa shape index (κ2) is 8.91. The van der Waals surface area contributed by atoms with E-state index in [1.807, 2.05) is 6.92 Å². The van der Waals surface area contributed by atoms with Crippen molar-refractivity contribution < 1.29 is 33.0 Å². The summed E-state index contributed by atoms with van der Waals surface area (Å²) in [7, 11) is -3.92. The van der Waals surface area contributed by atoms with Crippen molar-refractivity contribution in [1.29, 1.82) is 0 Å². The number of amides is 2. The lowest BCUT2D eigenvalue weighted by Crippen LogP contribution is -2.47. The summed E-state index contributed by atoms with van der Waals surface area (Å²) in [5.41, 5.74) is 1.75. The minimum Gasteiger partial charge on any atom is -0.504 e. The normalized spacial score (nSPS) is 16.3. The van der Waals surface area contributed by atoms with Crippen LogP contribution in [0.5, 0.6) is 11.5 Å². The number of esters is 1. The number of sulfone groups is 1. The van der Waals surface area contributed by atoms with Gasteiger partial charge in [-0.3, -0.25) is 0 Å². The number of aromatic hydroxyl groups is 2. The zero-order valence-electron chi connectivity index (χ0n) is 17.8. The number of carbonyl (C=O) groups excluding carboxylic acids is 2. The number of nitrogens with one attached hydrogen (secondary N) is 2. The Bertz CT molecular complexity index is 1220. The van der Waals surface area contributed by atoms with E-state index in [1.165, 1.54) is 30.3 Å². The lowest BCUT2D eigenvalue weighted by Gasteiger charge is -2.29. The third kappa shape index (κ3) is 4.70. The van der Waals surface area contributed by atoms with E-state index < -0.39 is 39.4 Å². The summed E-state index contributed by atoms with van der Waals surface area (Å²) in [6, 6.07) is 6.66. The number of rotatable bonds is 6. The van der Waals surface area contributed by atoms with Crippen LogP contribution in [0.3, 0.4) is 0 Å². The second-order valence-corrected chi connectivity index (χ2v) is 9.39. The fourth-order valence-corrected chi connectivity index (χ4v) is 4.74. The van der Waals surface area contributed by atoms with Gasteiger partial charge in [0, 0.05) is 5.70 Å². The van der Waals surface area contributed by atoms with Crippen LogP contribution in [0.1, 0.15) is 29.7 Å². The average Bonchev–Trinajstić information content (AvgIpc) is 2.71. The van der Waals surface area contributed by atoms with Gasteiger partial charge in [-0.1, -0.05) is 12.1 Å². The van der Waals surface area contributed by atoms with E-state index in [0.29, 0.717) is 0 Å². The first-order chi connectivity index (χ1) is 15.0. The number of carbonyl (C=O) groups is 2. The highest BCUT2D eigenvalue weighted by Crippen LogP contribution is 2.34. The number of hydrogen-bond donors (Lipinski definition) is 4. The number of urea groups is 1.